The van der Waals surface area contributed by atoms with E-state index in [1.165, 1.54) is 31.2 Å². The van der Waals surface area contributed by atoms with E-state index in [2.05, 4.69) is 51.2 Å². The van der Waals surface area contributed by atoms with Crippen molar-refractivity contribution >= 4 is 6.03 Å². The second-order valence-electron chi connectivity index (χ2n) is 8.81. The van der Waals surface area contributed by atoms with Crippen molar-refractivity contribution in [1.29, 1.82) is 0 Å². The first-order chi connectivity index (χ1) is 11.3. The first-order valence-electron chi connectivity index (χ1n) is 9.43. The summed E-state index contributed by atoms with van der Waals surface area (Å²) in [4.78, 5) is 11.2. The van der Waals surface area contributed by atoms with E-state index in [-0.39, 0.29) is 10.8 Å². The van der Waals surface area contributed by atoms with Crippen LogP contribution in [0.3, 0.4) is 0 Å². The minimum atomic E-state index is -0.402. The van der Waals surface area contributed by atoms with Crippen LogP contribution in [0.4, 0.5) is 4.79 Å². The number of fused-ring (bicyclic) bond motifs is 3. The van der Waals surface area contributed by atoms with Gasteiger partial charge in [0, 0.05) is 6.54 Å². The van der Waals surface area contributed by atoms with Crippen LogP contribution in [0.2, 0.25) is 0 Å². The highest BCUT2D eigenvalue weighted by Gasteiger charge is 2.51. The molecule has 132 valence electrons. The maximum absolute atomic E-state index is 11.2. The van der Waals surface area contributed by atoms with Gasteiger partial charge in [-0.15, -0.1) is 0 Å². The summed E-state index contributed by atoms with van der Waals surface area (Å²) in [6, 6.07) is 6.76. The second kappa shape index (κ2) is 6.09. The summed E-state index contributed by atoms with van der Waals surface area (Å²) in [6.07, 6.45) is 6.00. The number of nitrogens with one attached hydrogen (secondary N) is 1. The molecule has 1 saturated carbocycles. The smallest absolute Gasteiger partial charge is 0.312 e. The zero-order valence-electron chi connectivity index (χ0n) is 15.6. The van der Waals surface area contributed by atoms with Crippen molar-refractivity contribution < 1.29 is 4.79 Å². The molecule has 0 spiro atoms. The van der Waals surface area contributed by atoms with Gasteiger partial charge in [0.05, 0.1) is 0 Å². The van der Waals surface area contributed by atoms with Crippen LogP contribution in [0.5, 0.6) is 0 Å². The van der Waals surface area contributed by atoms with Gasteiger partial charge in [0.25, 0.3) is 0 Å². The lowest BCUT2D eigenvalue weighted by Gasteiger charge is -2.55. The van der Waals surface area contributed by atoms with Gasteiger partial charge in [0.2, 0.25) is 0 Å². The van der Waals surface area contributed by atoms with Crippen molar-refractivity contribution in [2.45, 2.75) is 71.1 Å². The minimum Gasteiger partial charge on any atom is -0.352 e. The third-order valence-electron chi connectivity index (χ3n) is 6.83. The average molecular weight is 329 g/mol. The summed E-state index contributed by atoms with van der Waals surface area (Å²) in [6.45, 7) is 10.0. The van der Waals surface area contributed by atoms with E-state index >= 15 is 0 Å². The number of primary amides is 1. The van der Waals surface area contributed by atoms with Gasteiger partial charge in [-0.1, -0.05) is 52.3 Å². The molecule has 1 fully saturated rings. The van der Waals surface area contributed by atoms with Crippen LogP contribution in [0, 0.1) is 11.3 Å². The molecule has 3 heteroatoms. The molecule has 2 aliphatic rings. The molecule has 2 aliphatic carbocycles. The molecule has 0 aliphatic heterocycles. The van der Waals surface area contributed by atoms with Gasteiger partial charge < -0.3 is 11.1 Å². The normalized spacial score (nSPS) is 32.1. The number of carbonyl (C=O) groups is 1. The summed E-state index contributed by atoms with van der Waals surface area (Å²) in [7, 11) is 0. The number of urea groups is 1. The number of amides is 2. The Morgan fingerprint density at radius 2 is 2.08 bits per heavy atom. The van der Waals surface area contributed by atoms with Gasteiger partial charge in [-0.05, 0) is 65.0 Å². The number of hydrogen-bond donors (Lipinski definition) is 2. The standard InChI is InChI=1S/C21H32N2O/c1-14(2)15-6-8-17-16(12-15)7-9-18-20(3,13-23-19(22)24)10-5-11-21(17,18)4/h6,8,12,14,18H,5,7,9-11,13H2,1-4H3,(H3,22,23,24)/t18-,20-,21+/m0/s1. The van der Waals surface area contributed by atoms with E-state index in [0.29, 0.717) is 18.4 Å². The van der Waals surface area contributed by atoms with Gasteiger partial charge in [0.15, 0.2) is 0 Å². The van der Waals surface area contributed by atoms with E-state index in [9.17, 15) is 4.79 Å². The monoisotopic (exact) mass is 328 g/mol. The molecule has 1 aromatic carbocycles. The van der Waals surface area contributed by atoms with E-state index in [1.54, 1.807) is 11.1 Å². The highest BCUT2D eigenvalue weighted by Crippen LogP contribution is 2.57. The maximum Gasteiger partial charge on any atom is 0.312 e. The molecule has 0 aromatic heterocycles. The third kappa shape index (κ3) is 2.82. The molecule has 24 heavy (non-hydrogen) atoms. The van der Waals surface area contributed by atoms with Crippen molar-refractivity contribution in [2.75, 3.05) is 6.54 Å². The number of aryl methyl sites for hydroxylation is 1. The number of rotatable bonds is 3. The fourth-order valence-electron chi connectivity index (χ4n) is 5.50. The van der Waals surface area contributed by atoms with Gasteiger partial charge >= 0.3 is 6.03 Å². The van der Waals surface area contributed by atoms with Crippen LogP contribution in [-0.2, 0) is 11.8 Å². The largest absolute Gasteiger partial charge is 0.352 e. The molecule has 0 unspecified atom stereocenters. The summed E-state index contributed by atoms with van der Waals surface area (Å²) in [5, 5.41) is 2.89. The van der Waals surface area contributed by atoms with Gasteiger partial charge in [-0.3, -0.25) is 0 Å². The Morgan fingerprint density at radius 1 is 1.33 bits per heavy atom. The van der Waals surface area contributed by atoms with Gasteiger partial charge in [0.1, 0.15) is 0 Å². The molecular weight excluding hydrogens is 296 g/mol. The second-order valence-corrected chi connectivity index (χ2v) is 8.81. The number of carbonyl (C=O) groups excluding carboxylic acids is 1. The summed E-state index contributed by atoms with van der Waals surface area (Å²) in [5.41, 5.74) is 10.2. The SMILES string of the molecule is CC(C)c1ccc2c(c1)CC[C@H]1[C@](C)(CNC(N)=O)CCC[C@]21C. The molecule has 0 radical (unpaired) electrons. The predicted molar refractivity (Wildman–Crippen MR) is 99.2 cm³/mol. The van der Waals surface area contributed by atoms with Crippen LogP contribution in [0.25, 0.3) is 0 Å². The van der Waals surface area contributed by atoms with Crippen LogP contribution in [-0.4, -0.2) is 12.6 Å². The van der Waals surface area contributed by atoms with Crippen LogP contribution >= 0.6 is 0 Å². The molecule has 3 atom stereocenters. The molecule has 3 rings (SSSR count). The highest BCUT2D eigenvalue weighted by atomic mass is 16.2. The number of benzene rings is 1. The molecule has 3 nitrogen and oxygen atoms in total. The average Bonchev–Trinajstić information content (AvgIpc) is 2.52. The quantitative estimate of drug-likeness (QED) is 0.844. The first kappa shape index (κ1) is 17.3. The zero-order chi connectivity index (χ0) is 17.5. The van der Waals surface area contributed by atoms with Crippen LogP contribution in [0.1, 0.15) is 76.0 Å². The van der Waals surface area contributed by atoms with Crippen molar-refractivity contribution in [3.63, 3.8) is 0 Å². The van der Waals surface area contributed by atoms with Crippen molar-refractivity contribution in [3.8, 4) is 0 Å². The molecule has 1 aromatic rings. The molecule has 2 amide bonds. The summed E-state index contributed by atoms with van der Waals surface area (Å²) < 4.78 is 0. The lowest BCUT2D eigenvalue weighted by molar-refractivity contribution is 0.0280. The zero-order valence-corrected chi connectivity index (χ0v) is 15.6. The fraction of sp³-hybridized carbons (Fsp3) is 0.667. The summed E-state index contributed by atoms with van der Waals surface area (Å²) in [5.74, 6) is 1.18. The minimum absolute atomic E-state index is 0.135. The predicted octanol–water partition coefficient (Wildman–Crippen LogP) is 4.49. The van der Waals surface area contributed by atoms with Crippen molar-refractivity contribution in [1.82, 2.24) is 5.32 Å². The Hall–Kier alpha value is -1.51. The Kier molecular flexibility index (Phi) is 4.39. The molecule has 0 bridgehead atoms. The van der Waals surface area contributed by atoms with E-state index in [0.717, 1.165) is 6.42 Å². The third-order valence-corrected chi connectivity index (χ3v) is 6.83. The van der Waals surface area contributed by atoms with Crippen LogP contribution < -0.4 is 11.1 Å². The number of nitrogens with two attached hydrogens (primary N) is 1. The lowest BCUT2D eigenvalue weighted by atomic mass is 9.49. The Labute approximate surface area is 146 Å². The summed E-state index contributed by atoms with van der Waals surface area (Å²) >= 11 is 0. The van der Waals surface area contributed by atoms with E-state index in [4.69, 9.17) is 5.73 Å². The molecular formula is C21H32N2O. The Morgan fingerprint density at radius 3 is 2.75 bits per heavy atom. The fourth-order valence-corrected chi connectivity index (χ4v) is 5.50. The highest BCUT2D eigenvalue weighted by molar-refractivity contribution is 5.71. The van der Waals surface area contributed by atoms with Gasteiger partial charge in [-0.2, -0.15) is 0 Å². The van der Waals surface area contributed by atoms with E-state index in [1.807, 2.05) is 0 Å². The van der Waals surface area contributed by atoms with Crippen molar-refractivity contribution in [3.05, 3.63) is 34.9 Å². The van der Waals surface area contributed by atoms with Crippen molar-refractivity contribution in [2.24, 2.45) is 17.1 Å². The maximum atomic E-state index is 11.2. The number of hydrogen-bond acceptors (Lipinski definition) is 1. The molecule has 0 heterocycles. The van der Waals surface area contributed by atoms with Gasteiger partial charge in [-0.25, -0.2) is 4.79 Å². The molecule has 3 N–H and O–H groups in total. The first-order valence-corrected chi connectivity index (χ1v) is 9.43. The topological polar surface area (TPSA) is 55.1 Å². The Bertz CT molecular complexity index is 639. The van der Waals surface area contributed by atoms with Crippen LogP contribution in [0.15, 0.2) is 18.2 Å². The van der Waals surface area contributed by atoms with E-state index < -0.39 is 6.03 Å². The Balaban J connectivity index is 1.95. The lowest BCUT2D eigenvalue weighted by Crippen LogP contribution is -2.53. The molecule has 0 saturated heterocycles.